The predicted octanol–water partition coefficient (Wildman–Crippen LogP) is 3.04. The van der Waals surface area contributed by atoms with E-state index in [1.807, 2.05) is 0 Å². The number of fused-ring (bicyclic) bond motifs is 1. The molecule has 0 aliphatic rings. The number of nitrogens with zero attached hydrogens (tertiary/aromatic N) is 3. The monoisotopic (exact) mass is 450 g/mol. The van der Waals surface area contributed by atoms with Crippen LogP contribution in [0.1, 0.15) is 5.56 Å². The first-order chi connectivity index (χ1) is 13.9. The number of aryl methyl sites for hydroxylation is 1. The lowest BCUT2D eigenvalue weighted by atomic mass is 10.1. The summed E-state index contributed by atoms with van der Waals surface area (Å²) in [5, 5.41) is 18.6. The van der Waals surface area contributed by atoms with Gasteiger partial charge >= 0.3 is 11.4 Å². The van der Waals surface area contributed by atoms with E-state index in [2.05, 4.69) is 4.98 Å². The summed E-state index contributed by atoms with van der Waals surface area (Å²) < 4.78 is 66.1. The topological polar surface area (TPSA) is 186 Å². The second-order valence-electron chi connectivity index (χ2n) is 5.86. The second kappa shape index (κ2) is 8.51. The highest BCUT2D eigenvalue weighted by atomic mass is 32.2. The first-order valence-corrected chi connectivity index (χ1v) is 10.7. The molecule has 0 heterocycles. The molecule has 0 N–H and O–H groups in total. The molecule has 0 unspecified atom stereocenters. The van der Waals surface area contributed by atoms with Crippen LogP contribution in [0.15, 0.2) is 64.4 Å². The average molecular weight is 450 g/mol. The van der Waals surface area contributed by atoms with E-state index in [1.54, 1.807) is 13.0 Å². The van der Waals surface area contributed by atoms with Gasteiger partial charge in [-0.3, -0.25) is 10.1 Å². The summed E-state index contributed by atoms with van der Waals surface area (Å²) in [5.74, 6) is 0. The van der Waals surface area contributed by atoms with Crippen LogP contribution in [0.4, 0.5) is 11.4 Å². The van der Waals surface area contributed by atoms with Crippen molar-refractivity contribution in [2.45, 2.75) is 16.7 Å². The Balaban J connectivity index is 0.000000232. The largest absolute Gasteiger partial charge is 0.744 e. The summed E-state index contributed by atoms with van der Waals surface area (Å²) in [6.07, 6.45) is 0. The highest BCUT2D eigenvalue weighted by molar-refractivity contribution is 7.86. The molecule has 13 heteroatoms. The van der Waals surface area contributed by atoms with E-state index < -0.39 is 35.0 Å². The normalized spacial score (nSPS) is 11.3. The van der Waals surface area contributed by atoms with Gasteiger partial charge in [0.2, 0.25) is 5.39 Å². The van der Waals surface area contributed by atoms with Gasteiger partial charge in [-0.25, -0.2) is 16.8 Å². The molecule has 0 bridgehead atoms. The van der Waals surface area contributed by atoms with E-state index in [1.165, 1.54) is 36.4 Å². The van der Waals surface area contributed by atoms with E-state index >= 15 is 0 Å². The van der Waals surface area contributed by atoms with E-state index in [-0.39, 0.29) is 22.1 Å². The van der Waals surface area contributed by atoms with Crippen molar-refractivity contribution in [2.24, 2.45) is 0 Å². The van der Waals surface area contributed by atoms with Crippen LogP contribution < -0.4 is 0 Å². The van der Waals surface area contributed by atoms with Gasteiger partial charge in [0.25, 0.3) is 0 Å². The van der Waals surface area contributed by atoms with Crippen LogP contribution >= 0.6 is 0 Å². The van der Waals surface area contributed by atoms with Crippen LogP contribution in [0.25, 0.3) is 15.7 Å². The number of rotatable bonds is 3. The van der Waals surface area contributed by atoms with Crippen LogP contribution in [0.2, 0.25) is 0 Å². The lowest BCUT2D eigenvalue weighted by molar-refractivity contribution is -0.383. The first kappa shape index (κ1) is 22.8. The minimum Gasteiger partial charge on any atom is -0.744 e. The molecule has 0 spiro atoms. The van der Waals surface area contributed by atoms with Crippen molar-refractivity contribution in [1.82, 2.24) is 0 Å². The maximum atomic E-state index is 11.0. The molecule has 0 aliphatic carbocycles. The Labute approximate surface area is 170 Å². The van der Waals surface area contributed by atoms with Crippen LogP contribution in [0.3, 0.4) is 0 Å². The second-order valence-corrected chi connectivity index (χ2v) is 8.56. The highest BCUT2D eigenvalue weighted by Crippen LogP contribution is 2.28. The Morgan fingerprint density at radius 2 is 1.33 bits per heavy atom. The van der Waals surface area contributed by atoms with Gasteiger partial charge in [0.1, 0.15) is 20.2 Å². The van der Waals surface area contributed by atoms with Crippen LogP contribution in [-0.4, -0.2) is 30.9 Å². The maximum Gasteiger partial charge on any atom is 0.461 e. The smallest absolute Gasteiger partial charge is 0.461 e. The van der Waals surface area contributed by atoms with Crippen LogP contribution in [0, 0.1) is 22.4 Å². The van der Waals surface area contributed by atoms with Crippen LogP contribution in [-0.2, 0) is 20.2 Å². The Kier molecular flexibility index (Phi) is 6.48. The minimum absolute atomic E-state index is 0.0226. The molecule has 0 aliphatic heterocycles. The van der Waals surface area contributed by atoms with E-state index in [4.69, 9.17) is 5.39 Å². The van der Waals surface area contributed by atoms with Crippen molar-refractivity contribution in [1.29, 1.82) is 5.39 Å². The van der Waals surface area contributed by atoms with Crippen molar-refractivity contribution in [3.63, 3.8) is 0 Å². The number of nitro groups is 1. The number of hydrogen-bond acceptors (Lipinski definition) is 9. The lowest BCUT2D eigenvalue weighted by Crippen LogP contribution is -2.03. The zero-order valence-corrected chi connectivity index (χ0v) is 16.8. The zero-order chi connectivity index (χ0) is 22.7. The number of benzene rings is 3. The fraction of sp³-hybridized carbons (Fsp3) is 0.0588. The van der Waals surface area contributed by atoms with Gasteiger partial charge in [-0.2, -0.15) is 0 Å². The molecule has 0 fully saturated rings. The molecule has 0 saturated carbocycles. The third kappa shape index (κ3) is 5.13. The first-order valence-electron chi connectivity index (χ1n) is 7.90. The Bertz CT molecular complexity index is 1320. The summed E-state index contributed by atoms with van der Waals surface area (Å²) in [7, 11) is -9.48. The molecule has 0 aromatic heterocycles. The minimum atomic E-state index is -4.74. The number of nitro benzene ring substituents is 1. The molecule has 156 valence electrons. The quantitative estimate of drug-likeness (QED) is 0.250. The van der Waals surface area contributed by atoms with Gasteiger partial charge < -0.3 is 9.11 Å². The van der Waals surface area contributed by atoms with Gasteiger partial charge in [0, 0.05) is 22.9 Å². The Morgan fingerprint density at radius 1 is 0.867 bits per heavy atom. The standard InChI is InChI=1S/C10H8O6S2.C7H6N3O2/c11-17(12,13)9-5-1-3-7-8(9)4-2-6-10(7)18(14,15)16;1-5-2-3-6(9-8)7(4-5)10(11)12/h1-6H,(H,11,12,13)(H,14,15,16);2-4H,1H3/q;+1/p-2. The van der Waals surface area contributed by atoms with Crippen molar-refractivity contribution >= 4 is 42.4 Å². The summed E-state index contributed by atoms with van der Waals surface area (Å²) in [6.45, 7) is 1.73. The molecule has 11 nitrogen and oxygen atoms in total. The van der Waals surface area contributed by atoms with Crippen LogP contribution in [0.5, 0.6) is 0 Å². The third-order valence-corrected chi connectivity index (χ3v) is 5.61. The molecule has 3 rings (SSSR count). The summed E-state index contributed by atoms with van der Waals surface area (Å²) in [5.41, 5.74) is 0.553. The van der Waals surface area contributed by atoms with E-state index in [9.17, 15) is 36.1 Å². The third-order valence-electron chi connectivity index (χ3n) is 3.82. The summed E-state index contributed by atoms with van der Waals surface area (Å²) in [4.78, 5) is 11.5. The van der Waals surface area contributed by atoms with Gasteiger partial charge in [-0.05, 0) is 24.6 Å². The summed E-state index contributed by atoms with van der Waals surface area (Å²) >= 11 is 0. The number of hydrogen-bond donors (Lipinski definition) is 0. The molecule has 30 heavy (non-hydrogen) atoms. The SMILES string of the molecule is Cc1ccc([N+]#N)c([N+](=O)[O-])c1.O=S(=O)([O-])c1cccc2c(S(=O)(=O)[O-])cccc12. The van der Waals surface area contributed by atoms with Crippen molar-refractivity contribution in [3.8, 4) is 0 Å². The molecular formula is C17H12N3O8S2-. The molecule has 3 aromatic carbocycles. The fourth-order valence-corrected chi connectivity index (χ4v) is 3.94. The highest BCUT2D eigenvalue weighted by Gasteiger charge is 2.23. The van der Waals surface area contributed by atoms with E-state index in [0.717, 1.165) is 17.7 Å². The van der Waals surface area contributed by atoms with Crippen molar-refractivity contribution in [3.05, 3.63) is 75.3 Å². The molecule has 0 saturated heterocycles. The van der Waals surface area contributed by atoms with E-state index in [0.29, 0.717) is 0 Å². The van der Waals surface area contributed by atoms with Gasteiger partial charge in [-0.15, -0.1) is 0 Å². The molecule has 0 radical (unpaired) electrons. The van der Waals surface area contributed by atoms with Crippen molar-refractivity contribution in [2.75, 3.05) is 0 Å². The van der Waals surface area contributed by atoms with Gasteiger partial charge in [0.15, 0.2) is 4.98 Å². The fourth-order valence-electron chi connectivity index (χ4n) is 2.55. The summed E-state index contributed by atoms with van der Waals surface area (Å²) in [6, 6.07) is 11.5. The maximum absolute atomic E-state index is 11.0. The molecule has 0 amide bonds. The van der Waals surface area contributed by atoms with Gasteiger partial charge in [0.05, 0.1) is 14.7 Å². The molecule has 0 atom stereocenters. The predicted molar refractivity (Wildman–Crippen MR) is 102 cm³/mol. The molecular weight excluding hydrogens is 438 g/mol. The van der Waals surface area contributed by atoms with Gasteiger partial charge in [-0.1, -0.05) is 30.3 Å². The average Bonchev–Trinajstić information content (AvgIpc) is 2.66. The Hall–Kier alpha value is -3.44. The Morgan fingerprint density at radius 3 is 1.70 bits per heavy atom. The zero-order valence-electron chi connectivity index (χ0n) is 15.1. The number of diazo groups is 1. The lowest BCUT2D eigenvalue weighted by Gasteiger charge is -2.14. The molecule has 3 aromatic rings. The van der Waals surface area contributed by atoms with Crippen molar-refractivity contribution < 1.29 is 30.9 Å².